The molecule has 1 aliphatic rings. The number of amides is 1. The minimum atomic E-state index is -0.0384. The zero-order chi connectivity index (χ0) is 14.3. The number of unbranched alkanes of at least 4 members (excludes halogenated alkanes) is 2. The van der Waals surface area contributed by atoms with Crippen LogP contribution >= 0.6 is 0 Å². The lowest BCUT2D eigenvalue weighted by Gasteiger charge is -2.28. The van der Waals surface area contributed by atoms with Crippen molar-refractivity contribution >= 4 is 5.91 Å². The van der Waals surface area contributed by atoms with Gasteiger partial charge in [-0.25, -0.2) is 0 Å². The van der Waals surface area contributed by atoms with E-state index in [1.54, 1.807) is 0 Å². The zero-order valence-corrected chi connectivity index (χ0v) is 13.3. The van der Waals surface area contributed by atoms with Crippen molar-refractivity contribution in [2.24, 2.45) is 5.41 Å². The van der Waals surface area contributed by atoms with Crippen molar-refractivity contribution in [3.8, 4) is 0 Å². The molecule has 1 saturated heterocycles. The van der Waals surface area contributed by atoms with E-state index < -0.39 is 0 Å². The van der Waals surface area contributed by atoms with Gasteiger partial charge < -0.3 is 10.2 Å². The van der Waals surface area contributed by atoms with Crippen LogP contribution in [0.3, 0.4) is 0 Å². The standard InChI is InChI=1S/C16H32N2O/c1-5-6-7-10-16(3,4)13-17-14(2)15(19)18-11-8-9-12-18/h14,17H,5-13H2,1-4H3. The molecule has 0 aliphatic carbocycles. The van der Waals surface area contributed by atoms with Gasteiger partial charge in [-0.05, 0) is 31.6 Å². The number of nitrogens with one attached hydrogen (secondary N) is 1. The van der Waals surface area contributed by atoms with Crippen molar-refractivity contribution in [2.75, 3.05) is 19.6 Å². The molecule has 0 aromatic rings. The van der Waals surface area contributed by atoms with Crippen molar-refractivity contribution in [3.63, 3.8) is 0 Å². The smallest absolute Gasteiger partial charge is 0.239 e. The molecule has 0 radical (unpaired) electrons. The number of nitrogens with zero attached hydrogens (tertiary/aromatic N) is 1. The van der Waals surface area contributed by atoms with Gasteiger partial charge in [-0.15, -0.1) is 0 Å². The summed E-state index contributed by atoms with van der Waals surface area (Å²) >= 11 is 0. The highest BCUT2D eigenvalue weighted by molar-refractivity contribution is 5.81. The maximum absolute atomic E-state index is 12.2. The van der Waals surface area contributed by atoms with Crippen LogP contribution in [0.25, 0.3) is 0 Å². The molecule has 112 valence electrons. The van der Waals surface area contributed by atoms with E-state index in [4.69, 9.17) is 0 Å². The number of likely N-dealkylation sites (tertiary alicyclic amines) is 1. The first-order valence-electron chi connectivity index (χ1n) is 7.98. The lowest BCUT2D eigenvalue weighted by molar-refractivity contribution is -0.132. The summed E-state index contributed by atoms with van der Waals surface area (Å²) < 4.78 is 0. The maximum Gasteiger partial charge on any atom is 0.239 e. The number of rotatable bonds is 8. The summed E-state index contributed by atoms with van der Waals surface area (Å²) in [7, 11) is 0. The van der Waals surface area contributed by atoms with Gasteiger partial charge in [0.1, 0.15) is 0 Å². The fourth-order valence-electron chi connectivity index (χ4n) is 2.67. The highest BCUT2D eigenvalue weighted by Crippen LogP contribution is 2.23. The minimum absolute atomic E-state index is 0.0384. The van der Waals surface area contributed by atoms with Gasteiger partial charge in [0.2, 0.25) is 5.91 Å². The summed E-state index contributed by atoms with van der Waals surface area (Å²) in [5.41, 5.74) is 0.286. The van der Waals surface area contributed by atoms with Gasteiger partial charge in [0.25, 0.3) is 0 Å². The molecule has 1 rings (SSSR count). The van der Waals surface area contributed by atoms with Gasteiger partial charge in [-0.2, -0.15) is 0 Å². The maximum atomic E-state index is 12.2. The molecule has 1 aliphatic heterocycles. The van der Waals surface area contributed by atoms with E-state index in [0.29, 0.717) is 0 Å². The molecule has 1 fully saturated rings. The third-order valence-corrected chi connectivity index (χ3v) is 4.13. The highest BCUT2D eigenvalue weighted by Gasteiger charge is 2.25. The highest BCUT2D eigenvalue weighted by atomic mass is 16.2. The quantitative estimate of drug-likeness (QED) is 0.686. The molecular weight excluding hydrogens is 236 g/mol. The lowest BCUT2D eigenvalue weighted by Crippen LogP contribution is -2.46. The second-order valence-corrected chi connectivity index (χ2v) is 6.76. The van der Waals surface area contributed by atoms with Gasteiger partial charge in [0.15, 0.2) is 0 Å². The normalized spacial score (nSPS) is 17.8. The molecule has 1 unspecified atom stereocenters. The van der Waals surface area contributed by atoms with Gasteiger partial charge in [0, 0.05) is 19.6 Å². The predicted octanol–water partition coefficient (Wildman–Crippen LogP) is 3.19. The van der Waals surface area contributed by atoms with Crippen molar-refractivity contribution in [1.29, 1.82) is 0 Å². The Balaban J connectivity index is 2.27. The summed E-state index contributed by atoms with van der Waals surface area (Å²) in [4.78, 5) is 14.2. The van der Waals surface area contributed by atoms with E-state index >= 15 is 0 Å². The largest absolute Gasteiger partial charge is 0.341 e. The van der Waals surface area contributed by atoms with Crippen LogP contribution in [0, 0.1) is 5.41 Å². The Morgan fingerprint density at radius 3 is 2.47 bits per heavy atom. The average Bonchev–Trinajstić information content (AvgIpc) is 2.89. The van der Waals surface area contributed by atoms with E-state index in [-0.39, 0.29) is 17.4 Å². The molecule has 1 atom stereocenters. The molecule has 3 heteroatoms. The number of hydrogen-bond donors (Lipinski definition) is 1. The molecule has 3 nitrogen and oxygen atoms in total. The average molecular weight is 268 g/mol. The van der Waals surface area contributed by atoms with Gasteiger partial charge in [0.05, 0.1) is 6.04 Å². The second kappa shape index (κ2) is 7.88. The molecule has 0 saturated carbocycles. The number of hydrogen-bond acceptors (Lipinski definition) is 2. The second-order valence-electron chi connectivity index (χ2n) is 6.76. The van der Waals surface area contributed by atoms with E-state index in [1.807, 2.05) is 11.8 Å². The number of carbonyl (C=O) groups is 1. The molecule has 1 N–H and O–H groups in total. The summed E-state index contributed by atoms with van der Waals surface area (Å²) in [6.45, 7) is 11.7. The Morgan fingerprint density at radius 1 is 1.26 bits per heavy atom. The predicted molar refractivity (Wildman–Crippen MR) is 81.2 cm³/mol. The van der Waals surface area contributed by atoms with E-state index in [9.17, 15) is 4.79 Å². The fourth-order valence-corrected chi connectivity index (χ4v) is 2.67. The van der Waals surface area contributed by atoms with Crippen molar-refractivity contribution in [2.45, 2.75) is 72.3 Å². The molecule has 0 aromatic carbocycles. The van der Waals surface area contributed by atoms with Crippen LogP contribution in [0.4, 0.5) is 0 Å². The van der Waals surface area contributed by atoms with Gasteiger partial charge in [-0.1, -0.05) is 40.0 Å². The van der Waals surface area contributed by atoms with E-state index in [0.717, 1.165) is 19.6 Å². The Bertz CT molecular complexity index is 270. The first kappa shape index (κ1) is 16.5. The summed E-state index contributed by atoms with van der Waals surface area (Å²) in [6.07, 6.45) is 7.44. The molecular formula is C16H32N2O. The van der Waals surface area contributed by atoms with Crippen LogP contribution in [-0.4, -0.2) is 36.5 Å². The molecule has 1 amide bonds. The van der Waals surface area contributed by atoms with Gasteiger partial charge >= 0.3 is 0 Å². The third kappa shape index (κ3) is 5.94. The summed E-state index contributed by atoms with van der Waals surface area (Å²) in [5, 5.41) is 3.44. The molecule has 0 bridgehead atoms. The molecule has 0 aromatic heterocycles. The lowest BCUT2D eigenvalue weighted by atomic mass is 9.86. The van der Waals surface area contributed by atoms with E-state index in [1.165, 1.54) is 38.5 Å². The Hall–Kier alpha value is -0.570. The Kier molecular flexibility index (Phi) is 6.84. The van der Waals surface area contributed by atoms with Crippen LogP contribution < -0.4 is 5.32 Å². The fraction of sp³-hybridized carbons (Fsp3) is 0.938. The van der Waals surface area contributed by atoms with Crippen molar-refractivity contribution in [3.05, 3.63) is 0 Å². The van der Waals surface area contributed by atoms with Crippen molar-refractivity contribution < 1.29 is 4.79 Å². The summed E-state index contributed by atoms with van der Waals surface area (Å²) in [6, 6.07) is -0.0384. The third-order valence-electron chi connectivity index (χ3n) is 4.13. The van der Waals surface area contributed by atoms with Crippen LogP contribution in [-0.2, 0) is 4.79 Å². The van der Waals surface area contributed by atoms with Crippen molar-refractivity contribution in [1.82, 2.24) is 10.2 Å². The van der Waals surface area contributed by atoms with E-state index in [2.05, 4.69) is 26.1 Å². The monoisotopic (exact) mass is 268 g/mol. The SMILES string of the molecule is CCCCCC(C)(C)CNC(C)C(=O)N1CCCC1. The van der Waals surface area contributed by atoms with Crippen LogP contribution in [0.1, 0.15) is 66.2 Å². The Labute approximate surface area is 119 Å². The molecule has 19 heavy (non-hydrogen) atoms. The zero-order valence-electron chi connectivity index (χ0n) is 13.3. The van der Waals surface area contributed by atoms with Crippen LogP contribution in [0.2, 0.25) is 0 Å². The minimum Gasteiger partial charge on any atom is -0.341 e. The van der Waals surface area contributed by atoms with Crippen LogP contribution in [0.5, 0.6) is 0 Å². The first-order valence-corrected chi connectivity index (χ1v) is 7.98. The first-order chi connectivity index (χ1) is 8.96. The van der Waals surface area contributed by atoms with Crippen LogP contribution in [0.15, 0.2) is 0 Å². The summed E-state index contributed by atoms with van der Waals surface area (Å²) in [5.74, 6) is 0.279. The Morgan fingerprint density at radius 2 is 1.89 bits per heavy atom. The number of carbonyl (C=O) groups excluding carboxylic acids is 1. The topological polar surface area (TPSA) is 32.3 Å². The molecule has 1 heterocycles. The molecule has 0 spiro atoms. The van der Waals surface area contributed by atoms with Gasteiger partial charge in [-0.3, -0.25) is 4.79 Å².